The van der Waals surface area contributed by atoms with Gasteiger partial charge in [0.25, 0.3) is 0 Å². The molecule has 1 rings (SSSR count). The monoisotopic (exact) mass is 299 g/mol. The maximum absolute atomic E-state index is 12.4. The van der Waals surface area contributed by atoms with Gasteiger partial charge < -0.3 is 10.0 Å². The maximum atomic E-state index is 12.4. The summed E-state index contributed by atoms with van der Waals surface area (Å²) in [5.74, 6) is 0.385. The van der Waals surface area contributed by atoms with Crippen LogP contribution in [0.25, 0.3) is 0 Å². The number of carboxylic acids is 1. The molecule has 0 aliphatic carbocycles. The number of terminal acetylenes is 1. The van der Waals surface area contributed by atoms with Crippen LogP contribution < -0.4 is 0 Å². The lowest BCUT2D eigenvalue weighted by molar-refractivity contribution is -0.143. The Morgan fingerprint density at radius 2 is 1.81 bits per heavy atom. The molecule has 21 heavy (non-hydrogen) atoms. The minimum absolute atomic E-state index is 0.175. The van der Waals surface area contributed by atoms with E-state index in [1.54, 1.807) is 0 Å². The van der Waals surface area contributed by atoms with Crippen molar-refractivity contribution in [2.45, 2.75) is 12.6 Å². The summed E-state index contributed by atoms with van der Waals surface area (Å²) in [5.41, 5.74) is -0.467. The molecule has 7 heteroatoms. The molecule has 0 aliphatic rings. The smallest absolute Gasteiger partial charge is 0.416 e. The lowest BCUT2D eigenvalue weighted by atomic mass is 10.1. The molecule has 0 heterocycles. The zero-order valence-electron chi connectivity index (χ0n) is 10.9. The Hall–Kier alpha value is -2.49. The van der Waals surface area contributed by atoms with Gasteiger partial charge in [-0.2, -0.15) is 13.2 Å². The molecular weight excluding hydrogens is 287 g/mol. The highest BCUT2D eigenvalue weighted by Crippen LogP contribution is 2.29. The summed E-state index contributed by atoms with van der Waals surface area (Å²) in [6, 6.07) is 4.09. The van der Waals surface area contributed by atoms with Crippen molar-refractivity contribution in [2.75, 3.05) is 13.1 Å². The predicted octanol–water partition coefficient (Wildman–Crippen LogP) is 1.79. The van der Waals surface area contributed by atoms with Gasteiger partial charge in [-0.15, -0.1) is 6.42 Å². The Bertz CT molecular complexity index is 558. The van der Waals surface area contributed by atoms with E-state index in [0.717, 1.165) is 17.0 Å². The number of alkyl halides is 3. The molecule has 1 aromatic rings. The molecule has 112 valence electrons. The fraction of sp³-hybridized carbons (Fsp3) is 0.286. The van der Waals surface area contributed by atoms with Crippen LogP contribution in [0.4, 0.5) is 13.2 Å². The minimum Gasteiger partial charge on any atom is -0.480 e. The number of halogens is 3. The highest BCUT2D eigenvalue weighted by atomic mass is 19.4. The van der Waals surface area contributed by atoms with Gasteiger partial charge in [0, 0.05) is 0 Å². The molecule has 0 saturated carbocycles. The largest absolute Gasteiger partial charge is 0.480 e. The quantitative estimate of drug-likeness (QED) is 0.843. The summed E-state index contributed by atoms with van der Waals surface area (Å²) in [6.07, 6.45) is 0.384. The van der Waals surface area contributed by atoms with Crippen molar-refractivity contribution < 1.29 is 27.9 Å². The molecule has 0 bridgehead atoms. The van der Waals surface area contributed by atoms with Gasteiger partial charge in [0.1, 0.15) is 6.54 Å². The average molecular weight is 299 g/mol. The van der Waals surface area contributed by atoms with Gasteiger partial charge in [0.15, 0.2) is 0 Å². The summed E-state index contributed by atoms with van der Waals surface area (Å²) in [5, 5.41) is 8.66. The van der Waals surface area contributed by atoms with E-state index in [1.807, 2.05) is 0 Å². The number of nitrogens with zero attached hydrogens (tertiary/aromatic N) is 1. The summed E-state index contributed by atoms with van der Waals surface area (Å²) in [6.45, 7) is -0.727. The van der Waals surface area contributed by atoms with Crippen LogP contribution in [-0.4, -0.2) is 35.0 Å². The summed E-state index contributed by atoms with van der Waals surface area (Å²) >= 11 is 0. The van der Waals surface area contributed by atoms with Gasteiger partial charge in [0.2, 0.25) is 5.91 Å². The highest BCUT2D eigenvalue weighted by Gasteiger charge is 2.30. The first-order valence-corrected chi connectivity index (χ1v) is 5.83. The van der Waals surface area contributed by atoms with Crippen LogP contribution >= 0.6 is 0 Å². The zero-order chi connectivity index (χ0) is 16.0. The van der Waals surface area contributed by atoms with Crippen LogP contribution in [-0.2, 0) is 22.2 Å². The molecule has 0 aromatic heterocycles. The van der Waals surface area contributed by atoms with E-state index in [4.69, 9.17) is 11.5 Å². The first-order valence-electron chi connectivity index (χ1n) is 5.83. The second-order valence-electron chi connectivity index (χ2n) is 4.22. The van der Waals surface area contributed by atoms with Crippen LogP contribution in [0.3, 0.4) is 0 Å². The predicted molar refractivity (Wildman–Crippen MR) is 68.2 cm³/mol. The zero-order valence-corrected chi connectivity index (χ0v) is 10.9. The lowest BCUT2D eigenvalue weighted by Crippen LogP contribution is -2.36. The van der Waals surface area contributed by atoms with Gasteiger partial charge >= 0.3 is 12.1 Å². The maximum Gasteiger partial charge on any atom is 0.416 e. The number of carboxylic acid groups (broad SMARTS) is 1. The van der Waals surface area contributed by atoms with E-state index in [-0.39, 0.29) is 13.0 Å². The van der Waals surface area contributed by atoms with Crippen molar-refractivity contribution in [1.82, 2.24) is 4.90 Å². The Kier molecular flexibility index (Phi) is 5.36. The number of benzene rings is 1. The van der Waals surface area contributed by atoms with E-state index >= 15 is 0 Å². The first-order chi connectivity index (χ1) is 9.74. The standard InChI is InChI=1S/C14H12F3NO3/c1-2-7-18(9-13(20)21)12(19)8-10-3-5-11(6-4-10)14(15,16)17/h1,3-6H,7-9H2,(H,20,21). The lowest BCUT2D eigenvalue weighted by Gasteiger charge is -2.18. The molecule has 0 aliphatic heterocycles. The number of hydrogen-bond donors (Lipinski definition) is 1. The minimum atomic E-state index is -4.44. The van der Waals surface area contributed by atoms with Crippen LogP contribution in [0, 0.1) is 12.3 Å². The SMILES string of the molecule is C#CCN(CC(=O)O)C(=O)Cc1ccc(C(F)(F)F)cc1. The second kappa shape index (κ2) is 6.79. The van der Waals surface area contributed by atoms with E-state index in [0.29, 0.717) is 5.56 Å². The molecule has 0 atom stereocenters. The fourth-order valence-corrected chi connectivity index (χ4v) is 1.60. The van der Waals surface area contributed by atoms with E-state index in [2.05, 4.69) is 5.92 Å². The van der Waals surface area contributed by atoms with Crippen molar-refractivity contribution in [1.29, 1.82) is 0 Å². The Morgan fingerprint density at radius 1 is 1.24 bits per heavy atom. The summed E-state index contributed by atoms with van der Waals surface area (Å²) in [4.78, 5) is 23.4. The number of carbonyl (C=O) groups excluding carboxylic acids is 1. The first kappa shape index (κ1) is 16.6. The topological polar surface area (TPSA) is 57.6 Å². The van der Waals surface area contributed by atoms with Crippen molar-refractivity contribution in [3.05, 3.63) is 35.4 Å². The molecule has 0 saturated heterocycles. The molecular formula is C14H12F3NO3. The molecule has 1 amide bonds. The third-order valence-corrected chi connectivity index (χ3v) is 2.60. The fourth-order valence-electron chi connectivity index (χ4n) is 1.60. The summed E-state index contributed by atoms with van der Waals surface area (Å²) in [7, 11) is 0. The molecule has 0 radical (unpaired) electrons. The molecule has 4 nitrogen and oxygen atoms in total. The summed E-state index contributed by atoms with van der Waals surface area (Å²) < 4.78 is 37.2. The van der Waals surface area contributed by atoms with Crippen LogP contribution in [0.1, 0.15) is 11.1 Å². The number of carbonyl (C=O) groups is 2. The van der Waals surface area contributed by atoms with E-state index in [9.17, 15) is 22.8 Å². The third-order valence-electron chi connectivity index (χ3n) is 2.60. The molecule has 0 unspecified atom stereocenters. The highest BCUT2D eigenvalue weighted by molar-refractivity contribution is 5.83. The third kappa shape index (κ3) is 5.18. The van der Waals surface area contributed by atoms with Gasteiger partial charge in [-0.3, -0.25) is 9.59 Å². The van der Waals surface area contributed by atoms with Gasteiger partial charge in [-0.25, -0.2) is 0 Å². The number of amides is 1. The molecule has 0 fully saturated rings. The Labute approximate surface area is 119 Å². The van der Waals surface area contributed by atoms with Crippen molar-refractivity contribution in [3.8, 4) is 12.3 Å². The Balaban J connectivity index is 2.77. The van der Waals surface area contributed by atoms with E-state index in [1.165, 1.54) is 12.1 Å². The Morgan fingerprint density at radius 3 is 2.24 bits per heavy atom. The van der Waals surface area contributed by atoms with Gasteiger partial charge in [0.05, 0.1) is 18.5 Å². The number of rotatable bonds is 5. The van der Waals surface area contributed by atoms with Crippen molar-refractivity contribution in [2.24, 2.45) is 0 Å². The average Bonchev–Trinajstić information content (AvgIpc) is 2.37. The number of hydrogen-bond acceptors (Lipinski definition) is 2. The molecule has 0 spiro atoms. The normalized spacial score (nSPS) is 10.8. The molecule has 1 N–H and O–H groups in total. The van der Waals surface area contributed by atoms with Crippen LogP contribution in [0.5, 0.6) is 0 Å². The number of aliphatic carboxylic acids is 1. The van der Waals surface area contributed by atoms with Gasteiger partial charge in [-0.05, 0) is 17.7 Å². The van der Waals surface area contributed by atoms with Crippen LogP contribution in [0.15, 0.2) is 24.3 Å². The van der Waals surface area contributed by atoms with Crippen LogP contribution in [0.2, 0.25) is 0 Å². The second-order valence-corrected chi connectivity index (χ2v) is 4.22. The van der Waals surface area contributed by atoms with E-state index < -0.39 is 30.2 Å². The molecule has 1 aromatic carbocycles. The van der Waals surface area contributed by atoms with Gasteiger partial charge in [-0.1, -0.05) is 18.1 Å². The van der Waals surface area contributed by atoms with Crippen molar-refractivity contribution in [3.63, 3.8) is 0 Å². The van der Waals surface area contributed by atoms with Crippen molar-refractivity contribution >= 4 is 11.9 Å².